The number of amides is 2. The van der Waals surface area contributed by atoms with E-state index in [1.807, 2.05) is 6.26 Å². The summed E-state index contributed by atoms with van der Waals surface area (Å²) in [5.41, 5.74) is 0. The summed E-state index contributed by atoms with van der Waals surface area (Å²) >= 11 is 1.59. The molecule has 0 spiro atoms. The molecule has 2 amide bonds. The summed E-state index contributed by atoms with van der Waals surface area (Å²) in [6.45, 7) is 0. The third-order valence-corrected chi connectivity index (χ3v) is 5.89. The van der Waals surface area contributed by atoms with E-state index in [1.165, 1.54) is 19.3 Å². The van der Waals surface area contributed by atoms with Crippen molar-refractivity contribution in [3.63, 3.8) is 0 Å². The van der Waals surface area contributed by atoms with Crippen molar-refractivity contribution in [1.29, 1.82) is 0 Å². The third kappa shape index (κ3) is 2.50. The molecule has 0 radical (unpaired) electrons. The Labute approximate surface area is 123 Å². The lowest BCUT2D eigenvalue weighted by molar-refractivity contribution is -0.139. The van der Waals surface area contributed by atoms with E-state index < -0.39 is 12.0 Å². The van der Waals surface area contributed by atoms with Gasteiger partial charge in [-0.3, -0.25) is 0 Å². The van der Waals surface area contributed by atoms with E-state index in [2.05, 4.69) is 10.6 Å². The fourth-order valence-corrected chi connectivity index (χ4v) is 4.83. The minimum absolute atomic E-state index is 0.302. The van der Waals surface area contributed by atoms with E-state index in [1.54, 1.807) is 11.8 Å². The molecule has 5 nitrogen and oxygen atoms in total. The van der Waals surface area contributed by atoms with E-state index in [0.29, 0.717) is 24.3 Å². The monoisotopic (exact) mass is 298 g/mol. The van der Waals surface area contributed by atoms with Crippen LogP contribution in [-0.2, 0) is 4.79 Å². The van der Waals surface area contributed by atoms with Crippen LogP contribution >= 0.6 is 11.8 Å². The Morgan fingerprint density at radius 3 is 2.50 bits per heavy atom. The third-order valence-electron chi connectivity index (χ3n) is 5.25. The molecular formula is C14H22N2O3S. The van der Waals surface area contributed by atoms with Crippen LogP contribution in [-0.4, -0.2) is 41.2 Å². The first-order chi connectivity index (χ1) is 9.61. The Bertz CT molecular complexity index is 401. The van der Waals surface area contributed by atoms with E-state index in [-0.39, 0.29) is 6.03 Å². The molecule has 3 aliphatic carbocycles. The topological polar surface area (TPSA) is 78.4 Å². The zero-order valence-electron chi connectivity index (χ0n) is 11.7. The summed E-state index contributed by atoms with van der Waals surface area (Å²) in [7, 11) is 0. The van der Waals surface area contributed by atoms with E-state index in [0.717, 1.165) is 17.6 Å². The molecule has 0 aliphatic heterocycles. The fourth-order valence-electron chi connectivity index (χ4n) is 4.36. The molecule has 0 aromatic heterocycles. The Hall–Kier alpha value is -0.910. The van der Waals surface area contributed by atoms with Crippen LogP contribution < -0.4 is 10.6 Å². The van der Waals surface area contributed by atoms with E-state index >= 15 is 0 Å². The molecule has 6 heteroatoms. The maximum atomic E-state index is 11.9. The van der Waals surface area contributed by atoms with E-state index in [4.69, 9.17) is 5.11 Å². The lowest BCUT2D eigenvalue weighted by atomic mass is 10.0. The average molecular weight is 298 g/mol. The standard InChI is InChI=1S/C14H22N2O3S/c1-20-5-4-9(13(17)18)15-14(19)16-12-10-7-2-3-8(6-7)11(10)12/h7-12H,2-6H2,1H3,(H,17,18)(H2,15,16,19)/t7?,8?,9-,10?,11?,12?/m0/s1. The Morgan fingerprint density at radius 1 is 1.30 bits per heavy atom. The van der Waals surface area contributed by atoms with Gasteiger partial charge in [0.1, 0.15) is 6.04 Å². The fraction of sp³-hybridized carbons (Fsp3) is 0.857. The van der Waals surface area contributed by atoms with Crippen molar-refractivity contribution in [3.8, 4) is 0 Å². The summed E-state index contributed by atoms with van der Waals surface area (Å²) in [5.74, 6) is 2.74. The largest absolute Gasteiger partial charge is 0.480 e. The Kier molecular flexibility index (Phi) is 3.84. The molecule has 20 heavy (non-hydrogen) atoms. The van der Waals surface area contributed by atoms with Gasteiger partial charge in [-0.25, -0.2) is 9.59 Å². The minimum atomic E-state index is -0.953. The molecule has 0 aromatic rings. The molecular weight excluding hydrogens is 276 g/mol. The van der Waals surface area contributed by atoms with Crippen LogP contribution in [0.1, 0.15) is 25.7 Å². The predicted molar refractivity (Wildman–Crippen MR) is 77.7 cm³/mol. The summed E-state index contributed by atoms with van der Waals surface area (Å²) in [6.07, 6.45) is 6.38. The smallest absolute Gasteiger partial charge is 0.326 e. The van der Waals surface area contributed by atoms with Crippen molar-refractivity contribution < 1.29 is 14.7 Å². The SMILES string of the molecule is CSCC[C@H](NC(=O)NC1C2C3CCC(C3)C12)C(=O)O. The first kappa shape index (κ1) is 14.0. The number of thioether (sulfide) groups is 1. The highest BCUT2D eigenvalue weighted by atomic mass is 32.2. The molecule has 0 saturated heterocycles. The Morgan fingerprint density at radius 2 is 1.95 bits per heavy atom. The Balaban J connectivity index is 1.47. The van der Waals surface area contributed by atoms with Gasteiger partial charge < -0.3 is 15.7 Å². The van der Waals surface area contributed by atoms with Crippen molar-refractivity contribution in [2.75, 3.05) is 12.0 Å². The highest BCUT2D eigenvalue weighted by Gasteiger charge is 2.65. The van der Waals surface area contributed by atoms with Gasteiger partial charge in [-0.05, 0) is 61.4 Å². The molecule has 2 bridgehead atoms. The number of fused-ring (bicyclic) bond motifs is 5. The molecule has 3 N–H and O–H groups in total. The van der Waals surface area contributed by atoms with Gasteiger partial charge in [-0.1, -0.05) is 0 Å². The molecule has 3 rings (SSSR count). The lowest BCUT2D eigenvalue weighted by Gasteiger charge is -2.16. The molecule has 0 aromatic carbocycles. The summed E-state index contributed by atoms with van der Waals surface area (Å²) in [4.78, 5) is 23.0. The van der Waals surface area contributed by atoms with Gasteiger partial charge in [-0.2, -0.15) is 11.8 Å². The molecule has 4 unspecified atom stereocenters. The van der Waals surface area contributed by atoms with Crippen molar-refractivity contribution in [3.05, 3.63) is 0 Å². The van der Waals surface area contributed by atoms with E-state index in [9.17, 15) is 9.59 Å². The maximum Gasteiger partial charge on any atom is 0.326 e. The van der Waals surface area contributed by atoms with Gasteiger partial charge >= 0.3 is 12.0 Å². The van der Waals surface area contributed by atoms with Gasteiger partial charge in [0.25, 0.3) is 0 Å². The van der Waals surface area contributed by atoms with Gasteiger partial charge in [0.05, 0.1) is 0 Å². The molecule has 3 saturated carbocycles. The van der Waals surface area contributed by atoms with Crippen LogP contribution in [0.3, 0.4) is 0 Å². The van der Waals surface area contributed by atoms with Crippen molar-refractivity contribution >= 4 is 23.8 Å². The normalized spacial score (nSPS) is 38.1. The number of rotatable bonds is 6. The first-order valence-corrected chi connectivity index (χ1v) is 8.80. The molecule has 0 heterocycles. The maximum absolute atomic E-state index is 11.9. The number of nitrogens with one attached hydrogen (secondary N) is 2. The number of hydrogen-bond acceptors (Lipinski definition) is 3. The second kappa shape index (κ2) is 5.47. The molecule has 112 valence electrons. The van der Waals surface area contributed by atoms with Crippen molar-refractivity contribution in [2.24, 2.45) is 23.7 Å². The van der Waals surface area contributed by atoms with Gasteiger partial charge in [-0.15, -0.1) is 0 Å². The number of carboxylic acid groups (broad SMARTS) is 1. The number of carbonyl (C=O) groups excluding carboxylic acids is 1. The molecule has 3 aliphatic rings. The van der Waals surface area contributed by atoms with Gasteiger partial charge in [0.2, 0.25) is 0 Å². The highest BCUT2D eigenvalue weighted by Crippen LogP contribution is 2.65. The number of urea groups is 1. The highest BCUT2D eigenvalue weighted by molar-refractivity contribution is 7.98. The predicted octanol–water partition coefficient (Wildman–Crippen LogP) is 1.54. The van der Waals surface area contributed by atoms with Crippen LogP contribution in [0.2, 0.25) is 0 Å². The van der Waals surface area contributed by atoms with Gasteiger partial charge in [0, 0.05) is 6.04 Å². The number of hydrogen-bond donors (Lipinski definition) is 3. The van der Waals surface area contributed by atoms with Crippen molar-refractivity contribution in [2.45, 2.75) is 37.8 Å². The van der Waals surface area contributed by atoms with Crippen LogP contribution in [0.4, 0.5) is 4.79 Å². The molecule has 3 fully saturated rings. The number of carbonyl (C=O) groups is 2. The quantitative estimate of drug-likeness (QED) is 0.695. The second-order valence-corrected chi connectivity index (χ2v) is 7.29. The van der Waals surface area contributed by atoms with Crippen LogP contribution in [0.25, 0.3) is 0 Å². The summed E-state index contributed by atoms with van der Waals surface area (Å²) in [6, 6.07) is -0.786. The minimum Gasteiger partial charge on any atom is -0.480 e. The van der Waals surface area contributed by atoms with Crippen molar-refractivity contribution in [1.82, 2.24) is 10.6 Å². The number of aliphatic carboxylic acids is 1. The lowest BCUT2D eigenvalue weighted by Crippen LogP contribution is -2.47. The summed E-state index contributed by atoms with van der Waals surface area (Å²) in [5, 5.41) is 14.7. The van der Waals surface area contributed by atoms with Gasteiger partial charge in [0.15, 0.2) is 0 Å². The number of carboxylic acids is 1. The summed E-state index contributed by atoms with van der Waals surface area (Å²) < 4.78 is 0. The zero-order valence-corrected chi connectivity index (χ0v) is 12.5. The van der Waals surface area contributed by atoms with Crippen LogP contribution in [0, 0.1) is 23.7 Å². The van der Waals surface area contributed by atoms with Crippen LogP contribution in [0.15, 0.2) is 0 Å². The molecule has 5 atom stereocenters. The first-order valence-electron chi connectivity index (χ1n) is 7.40. The second-order valence-electron chi connectivity index (χ2n) is 6.30. The van der Waals surface area contributed by atoms with Crippen LogP contribution in [0.5, 0.6) is 0 Å². The zero-order chi connectivity index (χ0) is 14.3. The average Bonchev–Trinajstić information content (AvgIpc) is 2.82.